The lowest BCUT2D eigenvalue weighted by molar-refractivity contribution is 0.402. The average Bonchev–Trinajstić information content (AvgIpc) is 3.21. The fraction of sp³-hybridized carbons (Fsp3) is 0.105. The molecule has 0 bridgehead atoms. The SMILES string of the molecule is COc1ccc(OC)c(/C=c2\sc3nc(-c4ccc(Cl)cc4Cl)nn3c2=O)c1. The Balaban J connectivity index is 1.83. The number of aromatic nitrogens is 3. The molecular weight excluding hydrogens is 421 g/mol. The fourth-order valence-electron chi connectivity index (χ4n) is 2.71. The molecule has 0 spiro atoms. The van der Waals surface area contributed by atoms with Crippen LogP contribution >= 0.6 is 34.5 Å². The highest BCUT2D eigenvalue weighted by Crippen LogP contribution is 2.28. The van der Waals surface area contributed by atoms with Crippen molar-refractivity contribution in [1.82, 2.24) is 14.6 Å². The Hall–Kier alpha value is -2.61. The maximum atomic E-state index is 12.8. The van der Waals surface area contributed by atoms with Gasteiger partial charge in [0.15, 0.2) is 5.82 Å². The fourth-order valence-corrected chi connectivity index (χ4v) is 4.10. The van der Waals surface area contributed by atoms with E-state index in [1.807, 2.05) is 0 Å². The summed E-state index contributed by atoms with van der Waals surface area (Å²) in [5.41, 5.74) is 1.07. The number of halogens is 2. The van der Waals surface area contributed by atoms with Gasteiger partial charge in [0.1, 0.15) is 11.5 Å². The van der Waals surface area contributed by atoms with Crippen molar-refractivity contribution in [3.05, 3.63) is 66.9 Å². The third-order valence-electron chi connectivity index (χ3n) is 4.08. The largest absolute Gasteiger partial charge is 0.497 e. The standard InChI is InChI=1S/C19H13Cl2N3O3S/c1-26-12-4-6-15(27-2)10(7-12)8-16-18(25)24-19(28-16)22-17(23-24)13-5-3-11(20)9-14(13)21/h3-9H,1-2H3/b16-8-. The molecule has 0 saturated heterocycles. The molecule has 0 saturated carbocycles. The maximum Gasteiger partial charge on any atom is 0.291 e. The van der Waals surface area contributed by atoms with Crippen LogP contribution in [0.25, 0.3) is 22.4 Å². The van der Waals surface area contributed by atoms with E-state index in [0.29, 0.717) is 42.4 Å². The molecule has 142 valence electrons. The summed E-state index contributed by atoms with van der Waals surface area (Å²) in [6.45, 7) is 0. The van der Waals surface area contributed by atoms with Gasteiger partial charge in [0.25, 0.3) is 5.56 Å². The van der Waals surface area contributed by atoms with Gasteiger partial charge in [-0.2, -0.15) is 9.50 Å². The van der Waals surface area contributed by atoms with Crippen molar-refractivity contribution < 1.29 is 9.47 Å². The van der Waals surface area contributed by atoms with Crippen LogP contribution in [0.4, 0.5) is 0 Å². The molecule has 0 unspecified atom stereocenters. The highest BCUT2D eigenvalue weighted by Gasteiger charge is 2.15. The number of hydrogen-bond donors (Lipinski definition) is 0. The van der Waals surface area contributed by atoms with Crippen LogP contribution in [-0.4, -0.2) is 28.8 Å². The van der Waals surface area contributed by atoms with Gasteiger partial charge in [-0.1, -0.05) is 34.5 Å². The lowest BCUT2D eigenvalue weighted by atomic mass is 10.2. The summed E-state index contributed by atoms with van der Waals surface area (Å²) in [7, 11) is 3.15. The molecule has 0 atom stereocenters. The predicted molar refractivity (Wildman–Crippen MR) is 111 cm³/mol. The number of ether oxygens (including phenoxy) is 2. The zero-order valence-corrected chi connectivity index (χ0v) is 17.1. The van der Waals surface area contributed by atoms with Crippen LogP contribution in [0, 0.1) is 0 Å². The zero-order chi connectivity index (χ0) is 19.8. The van der Waals surface area contributed by atoms with Gasteiger partial charge in [-0.05, 0) is 42.5 Å². The molecule has 0 N–H and O–H groups in total. The van der Waals surface area contributed by atoms with Crippen LogP contribution in [-0.2, 0) is 0 Å². The minimum Gasteiger partial charge on any atom is -0.497 e. The van der Waals surface area contributed by atoms with E-state index in [-0.39, 0.29) is 5.56 Å². The van der Waals surface area contributed by atoms with Crippen molar-refractivity contribution in [1.29, 1.82) is 0 Å². The van der Waals surface area contributed by atoms with Gasteiger partial charge in [-0.3, -0.25) is 4.79 Å². The highest BCUT2D eigenvalue weighted by molar-refractivity contribution is 7.15. The zero-order valence-electron chi connectivity index (χ0n) is 14.8. The third-order valence-corrected chi connectivity index (χ3v) is 5.58. The van der Waals surface area contributed by atoms with Gasteiger partial charge in [0.2, 0.25) is 4.96 Å². The molecule has 0 fully saturated rings. The van der Waals surface area contributed by atoms with Gasteiger partial charge in [-0.15, -0.1) is 5.10 Å². The minimum atomic E-state index is -0.270. The Morgan fingerprint density at radius 3 is 2.61 bits per heavy atom. The Bertz CT molecular complexity index is 1300. The summed E-state index contributed by atoms with van der Waals surface area (Å²) >= 11 is 13.4. The number of nitrogens with zero attached hydrogens (tertiary/aromatic N) is 3. The van der Waals surface area contributed by atoms with Crippen molar-refractivity contribution in [2.45, 2.75) is 0 Å². The first-order valence-electron chi connectivity index (χ1n) is 8.09. The molecule has 9 heteroatoms. The minimum absolute atomic E-state index is 0.270. The maximum absolute atomic E-state index is 12.8. The lowest BCUT2D eigenvalue weighted by Crippen LogP contribution is -2.23. The normalized spacial score (nSPS) is 11.9. The number of thiazole rings is 1. The second-order valence-corrected chi connectivity index (χ2v) is 7.63. The summed E-state index contributed by atoms with van der Waals surface area (Å²) < 4.78 is 12.4. The Labute approximate surface area is 173 Å². The summed E-state index contributed by atoms with van der Waals surface area (Å²) in [4.78, 5) is 17.7. The molecule has 4 rings (SSSR count). The van der Waals surface area contributed by atoms with E-state index in [0.717, 1.165) is 5.56 Å². The van der Waals surface area contributed by atoms with Crippen molar-refractivity contribution >= 4 is 45.6 Å². The van der Waals surface area contributed by atoms with E-state index in [4.69, 9.17) is 32.7 Å². The van der Waals surface area contributed by atoms with Gasteiger partial charge >= 0.3 is 0 Å². The molecule has 4 aromatic rings. The van der Waals surface area contributed by atoms with Gasteiger partial charge in [0.05, 0.1) is 23.8 Å². The van der Waals surface area contributed by atoms with Crippen molar-refractivity contribution in [3.63, 3.8) is 0 Å². The Kier molecular flexibility index (Phi) is 4.97. The van der Waals surface area contributed by atoms with Crippen molar-refractivity contribution in [2.75, 3.05) is 14.2 Å². The second kappa shape index (κ2) is 7.43. The number of hydrogen-bond acceptors (Lipinski definition) is 6. The van der Waals surface area contributed by atoms with E-state index in [1.165, 1.54) is 15.9 Å². The number of fused-ring (bicyclic) bond motifs is 1. The Morgan fingerprint density at radius 1 is 1.11 bits per heavy atom. The van der Waals surface area contributed by atoms with E-state index in [1.54, 1.807) is 56.7 Å². The van der Waals surface area contributed by atoms with Gasteiger partial charge < -0.3 is 9.47 Å². The van der Waals surface area contributed by atoms with Gasteiger partial charge in [-0.25, -0.2) is 0 Å². The van der Waals surface area contributed by atoms with Gasteiger partial charge in [0, 0.05) is 16.1 Å². The highest BCUT2D eigenvalue weighted by atomic mass is 35.5. The molecule has 0 aliphatic heterocycles. The summed E-state index contributed by atoms with van der Waals surface area (Å²) in [5, 5.41) is 5.25. The van der Waals surface area contributed by atoms with E-state index in [9.17, 15) is 4.79 Å². The molecule has 0 aliphatic rings. The van der Waals surface area contributed by atoms with Crippen LogP contribution in [0.2, 0.25) is 10.0 Å². The third kappa shape index (κ3) is 3.32. The number of methoxy groups -OCH3 is 2. The molecule has 2 aromatic carbocycles. The smallest absolute Gasteiger partial charge is 0.291 e. The lowest BCUT2D eigenvalue weighted by Gasteiger charge is -2.06. The predicted octanol–water partition coefficient (Wildman–Crippen LogP) is 3.69. The van der Waals surface area contributed by atoms with Crippen LogP contribution in [0.15, 0.2) is 41.2 Å². The first-order valence-corrected chi connectivity index (χ1v) is 9.66. The first-order chi connectivity index (χ1) is 13.5. The monoisotopic (exact) mass is 433 g/mol. The number of benzene rings is 2. The Morgan fingerprint density at radius 2 is 1.93 bits per heavy atom. The topological polar surface area (TPSA) is 65.7 Å². The van der Waals surface area contributed by atoms with Crippen LogP contribution in [0.1, 0.15) is 5.56 Å². The second-order valence-electron chi connectivity index (χ2n) is 5.78. The molecule has 28 heavy (non-hydrogen) atoms. The quantitative estimate of drug-likeness (QED) is 0.490. The molecule has 2 aromatic heterocycles. The molecule has 0 amide bonds. The van der Waals surface area contributed by atoms with Crippen molar-refractivity contribution in [3.8, 4) is 22.9 Å². The molecule has 2 heterocycles. The molecule has 6 nitrogen and oxygen atoms in total. The summed E-state index contributed by atoms with van der Waals surface area (Å²) in [6, 6.07) is 10.4. The first kappa shape index (κ1) is 18.7. The average molecular weight is 434 g/mol. The van der Waals surface area contributed by atoms with Crippen LogP contribution < -0.4 is 19.6 Å². The van der Waals surface area contributed by atoms with E-state index >= 15 is 0 Å². The number of rotatable bonds is 4. The molecular formula is C19H13Cl2N3O3S. The molecule has 0 radical (unpaired) electrons. The van der Waals surface area contributed by atoms with Crippen LogP contribution in [0.3, 0.4) is 0 Å². The van der Waals surface area contributed by atoms with Crippen molar-refractivity contribution in [2.24, 2.45) is 0 Å². The van der Waals surface area contributed by atoms with Crippen LogP contribution in [0.5, 0.6) is 11.5 Å². The summed E-state index contributed by atoms with van der Waals surface area (Å²) in [5.74, 6) is 1.67. The summed E-state index contributed by atoms with van der Waals surface area (Å²) in [6.07, 6.45) is 1.74. The van der Waals surface area contributed by atoms with E-state index < -0.39 is 0 Å². The molecule has 0 aliphatic carbocycles. The van der Waals surface area contributed by atoms with E-state index in [2.05, 4.69) is 10.1 Å².